The first-order valence-corrected chi connectivity index (χ1v) is 9.05. The van der Waals surface area contributed by atoms with Gasteiger partial charge in [0.2, 0.25) is 5.78 Å². The minimum absolute atomic E-state index is 0.142. The molecule has 0 aliphatic heterocycles. The number of hydrogen-bond donors (Lipinski definition) is 0. The molecule has 1 aromatic carbocycles. The molecular formula is C17H17Br2NO3. The van der Waals surface area contributed by atoms with Crippen molar-refractivity contribution in [2.75, 3.05) is 6.61 Å². The summed E-state index contributed by atoms with van der Waals surface area (Å²) in [6.45, 7) is 4.00. The molecule has 0 aliphatic rings. The maximum atomic E-state index is 12.8. The van der Waals surface area contributed by atoms with E-state index in [0.29, 0.717) is 32.3 Å². The Morgan fingerprint density at radius 1 is 1.22 bits per heavy atom. The molecule has 0 saturated carbocycles. The minimum atomic E-state index is -0.438. The summed E-state index contributed by atoms with van der Waals surface area (Å²) in [5, 5.41) is 0.442. The zero-order chi connectivity index (χ0) is 17.1. The molecule has 4 nitrogen and oxygen atoms in total. The van der Waals surface area contributed by atoms with Crippen molar-refractivity contribution in [3.8, 4) is 0 Å². The molecular weight excluding hydrogens is 426 g/mol. The van der Waals surface area contributed by atoms with Crippen LogP contribution in [0.5, 0.6) is 0 Å². The van der Waals surface area contributed by atoms with Gasteiger partial charge >= 0.3 is 5.97 Å². The zero-order valence-corrected chi connectivity index (χ0v) is 16.3. The summed E-state index contributed by atoms with van der Waals surface area (Å²) in [4.78, 5) is 25.1. The Labute approximate surface area is 152 Å². The lowest BCUT2D eigenvalue weighted by molar-refractivity contribution is 0.0524. The number of nitrogens with zero attached hydrogens (tertiary/aromatic N) is 1. The maximum Gasteiger partial charge on any atom is 0.341 e. The van der Waals surface area contributed by atoms with Crippen molar-refractivity contribution >= 4 is 43.6 Å². The van der Waals surface area contributed by atoms with Crippen LogP contribution in [0.4, 0.5) is 0 Å². The van der Waals surface area contributed by atoms with E-state index >= 15 is 0 Å². The van der Waals surface area contributed by atoms with Gasteiger partial charge in [0.15, 0.2) is 0 Å². The van der Waals surface area contributed by atoms with Gasteiger partial charge in [0.05, 0.1) is 16.6 Å². The number of rotatable bonds is 5. The molecule has 122 valence electrons. The number of ether oxygens (including phenoxy) is 1. The molecule has 0 aliphatic carbocycles. The predicted molar refractivity (Wildman–Crippen MR) is 96.3 cm³/mol. The molecule has 6 heteroatoms. The van der Waals surface area contributed by atoms with E-state index in [1.54, 1.807) is 30.7 Å². The van der Waals surface area contributed by atoms with Crippen LogP contribution in [0.25, 0.3) is 0 Å². The Balaban J connectivity index is 2.57. The van der Waals surface area contributed by atoms with E-state index in [4.69, 9.17) is 4.74 Å². The highest BCUT2D eigenvalue weighted by molar-refractivity contribution is 9.10. The van der Waals surface area contributed by atoms with E-state index in [9.17, 15) is 9.59 Å². The average Bonchev–Trinajstić information content (AvgIpc) is 2.78. The third-order valence-corrected chi connectivity index (χ3v) is 4.89. The third-order valence-electron chi connectivity index (χ3n) is 3.59. The smallest absolute Gasteiger partial charge is 0.341 e. The SMILES string of the molecule is CCOC(=O)c1c(Br)c(C(=O)c2ccc(C)cc2)n(C)c1CBr. The Morgan fingerprint density at radius 2 is 1.83 bits per heavy atom. The van der Waals surface area contributed by atoms with E-state index in [2.05, 4.69) is 31.9 Å². The summed E-state index contributed by atoms with van der Waals surface area (Å²) >= 11 is 6.79. The van der Waals surface area contributed by atoms with Crippen LogP contribution < -0.4 is 0 Å². The van der Waals surface area contributed by atoms with Crippen LogP contribution in [0.2, 0.25) is 0 Å². The predicted octanol–water partition coefficient (Wildman–Crippen LogP) is 4.40. The molecule has 0 bridgehead atoms. The summed E-state index contributed by atoms with van der Waals surface area (Å²) in [6.07, 6.45) is 0. The fourth-order valence-electron chi connectivity index (χ4n) is 2.36. The molecule has 0 amide bonds. The molecule has 0 saturated heterocycles. The van der Waals surface area contributed by atoms with Crippen molar-refractivity contribution in [1.29, 1.82) is 0 Å². The highest BCUT2D eigenvalue weighted by Crippen LogP contribution is 2.31. The highest BCUT2D eigenvalue weighted by atomic mass is 79.9. The molecule has 0 spiro atoms. The summed E-state index contributed by atoms with van der Waals surface area (Å²) in [6, 6.07) is 7.35. The van der Waals surface area contributed by atoms with Gasteiger partial charge in [0.25, 0.3) is 0 Å². The van der Waals surface area contributed by atoms with Gasteiger partial charge < -0.3 is 9.30 Å². The lowest BCUT2D eigenvalue weighted by Crippen LogP contribution is -2.09. The lowest BCUT2D eigenvalue weighted by atomic mass is 10.1. The largest absolute Gasteiger partial charge is 0.462 e. The topological polar surface area (TPSA) is 48.3 Å². The molecule has 0 unspecified atom stereocenters. The van der Waals surface area contributed by atoms with Gasteiger partial charge in [-0.1, -0.05) is 45.8 Å². The van der Waals surface area contributed by atoms with Crippen molar-refractivity contribution in [2.24, 2.45) is 7.05 Å². The van der Waals surface area contributed by atoms with Gasteiger partial charge in [-0.15, -0.1) is 0 Å². The number of aryl methyl sites for hydroxylation is 1. The summed E-state index contributed by atoms with van der Waals surface area (Å²) in [7, 11) is 1.77. The van der Waals surface area contributed by atoms with Crippen molar-refractivity contribution in [3.63, 3.8) is 0 Å². The Kier molecular flexibility index (Phi) is 5.81. The van der Waals surface area contributed by atoms with Crippen LogP contribution in [0.1, 0.15) is 44.6 Å². The quantitative estimate of drug-likeness (QED) is 0.391. The molecule has 1 aromatic heterocycles. The van der Waals surface area contributed by atoms with Gasteiger partial charge in [-0.05, 0) is 29.8 Å². The summed E-state index contributed by atoms with van der Waals surface area (Å²) in [5.41, 5.74) is 3.19. The molecule has 1 heterocycles. The number of halogens is 2. The second-order valence-electron chi connectivity index (χ2n) is 5.09. The second kappa shape index (κ2) is 7.45. The van der Waals surface area contributed by atoms with Crippen LogP contribution in [-0.4, -0.2) is 22.9 Å². The molecule has 0 atom stereocenters. The Morgan fingerprint density at radius 3 is 2.35 bits per heavy atom. The number of hydrogen-bond acceptors (Lipinski definition) is 3. The number of aromatic nitrogens is 1. The van der Waals surface area contributed by atoms with Crippen LogP contribution in [0.3, 0.4) is 0 Å². The number of carbonyl (C=O) groups is 2. The van der Waals surface area contributed by atoms with Gasteiger partial charge in [-0.25, -0.2) is 4.79 Å². The molecule has 0 N–H and O–H groups in total. The lowest BCUT2D eigenvalue weighted by Gasteiger charge is -2.06. The highest BCUT2D eigenvalue weighted by Gasteiger charge is 2.28. The summed E-state index contributed by atoms with van der Waals surface area (Å²) < 4.78 is 7.31. The van der Waals surface area contributed by atoms with Crippen molar-refractivity contribution < 1.29 is 14.3 Å². The average molecular weight is 443 g/mol. The fraction of sp³-hybridized carbons (Fsp3) is 0.294. The van der Waals surface area contributed by atoms with E-state index in [0.717, 1.165) is 5.56 Å². The maximum absolute atomic E-state index is 12.8. The fourth-order valence-corrected chi connectivity index (χ4v) is 3.85. The number of ketones is 1. The number of carbonyl (C=O) groups excluding carboxylic acids is 2. The van der Waals surface area contributed by atoms with Gasteiger partial charge in [-0.2, -0.15) is 0 Å². The van der Waals surface area contributed by atoms with E-state index in [1.165, 1.54) is 0 Å². The molecule has 2 rings (SSSR count). The Bertz CT molecular complexity index is 748. The number of benzene rings is 1. The Hall–Kier alpha value is -1.40. The van der Waals surface area contributed by atoms with E-state index < -0.39 is 5.97 Å². The summed E-state index contributed by atoms with van der Waals surface area (Å²) in [5.74, 6) is -0.579. The molecule has 0 radical (unpaired) electrons. The number of alkyl halides is 1. The van der Waals surface area contributed by atoms with Crippen molar-refractivity contribution in [2.45, 2.75) is 19.2 Å². The zero-order valence-electron chi connectivity index (χ0n) is 13.2. The first-order valence-electron chi connectivity index (χ1n) is 7.13. The first-order chi connectivity index (χ1) is 10.9. The van der Waals surface area contributed by atoms with Crippen LogP contribution in [0, 0.1) is 6.92 Å². The van der Waals surface area contributed by atoms with Gasteiger partial charge in [0.1, 0.15) is 5.69 Å². The van der Waals surface area contributed by atoms with E-state index in [-0.39, 0.29) is 12.4 Å². The number of esters is 1. The normalized spacial score (nSPS) is 10.7. The van der Waals surface area contributed by atoms with Crippen molar-refractivity contribution in [3.05, 3.63) is 56.8 Å². The van der Waals surface area contributed by atoms with Crippen LogP contribution in [0.15, 0.2) is 28.7 Å². The monoisotopic (exact) mass is 441 g/mol. The first kappa shape index (κ1) is 17.9. The molecule has 0 fully saturated rings. The minimum Gasteiger partial charge on any atom is -0.462 e. The van der Waals surface area contributed by atoms with Crippen LogP contribution >= 0.6 is 31.9 Å². The third kappa shape index (κ3) is 3.43. The molecule has 23 heavy (non-hydrogen) atoms. The second-order valence-corrected chi connectivity index (χ2v) is 6.45. The molecule has 2 aromatic rings. The van der Waals surface area contributed by atoms with Crippen molar-refractivity contribution in [1.82, 2.24) is 4.57 Å². The van der Waals surface area contributed by atoms with Crippen LogP contribution in [-0.2, 0) is 17.1 Å². The van der Waals surface area contributed by atoms with Gasteiger partial charge in [-0.3, -0.25) is 4.79 Å². The standard InChI is InChI=1S/C17H17Br2NO3/c1-4-23-17(22)13-12(9-18)20(3)15(14(13)19)16(21)11-7-5-10(2)6-8-11/h5-8H,4,9H2,1-3H3. The van der Waals surface area contributed by atoms with E-state index in [1.807, 2.05) is 19.1 Å². The van der Waals surface area contributed by atoms with Gasteiger partial charge in [0, 0.05) is 23.6 Å².